The van der Waals surface area contributed by atoms with Crippen molar-refractivity contribution in [2.75, 3.05) is 28.7 Å². The molecule has 0 saturated heterocycles. The lowest BCUT2D eigenvalue weighted by atomic mass is 10.1. The summed E-state index contributed by atoms with van der Waals surface area (Å²) in [6.45, 7) is 1.99. The molecule has 148 valence electrons. The van der Waals surface area contributed by atoms with Crippen LogP contribution in [0.25, 0.3) is 10.7 Å². The SMILES string of the molecule is CC1CC(=O)Nc2ccccc2N1C(=O)CN(C)c1nnc(-c2ccccn2)s1. The van der Waals surface area contributed by atoms with Crippen molar-refractivity contribution in [2.45, 2.75) is 19.4 Å². The number of amides is 2. The van der Waals surface area contributed by atoms with E-state index < -0.39 is 0 Å². The summed E-state index contributed by atoms with van der Waals surface area (Å²) in [4.78, 5) is 33.0. The summed E-state index contributed by atoms with van der Waals surface area (Å²) >= 11 is 1.38. The van der Waals surface area contributed by atoms with Gasteiger partial charge in [0.05, 0.1) is 17.9 Å². The molecule has 1 unspecified atom stereocenters. The van der Waals surface area contributed by atoms with E-state index in [0.717, 1.165) is 5.69 Å². The van der Waals surface area contributed by atoms with Crippen molar-refractivity contribution in [3.8, 4) is 10.7 Å². The number of nitrogens with one attached hydrogen (secondary N) is 1. The fourth-order valence-corrected chi connectivity index (χ4v) is 4.06. The van der Waals surface area contributed by atoms with Crippen molar-refractivity contribution in [1.29, 1.82) is 0 Å². The highest BCUT2D eigenvalue weighted by Gasteiger charge is 2.30. The lowest BCUT2D eigenvalue weighted by Gasteiger charge is -2.29. The summed E-state index contributed by atoms with van der Waals surface area (Å²) in [5, 5.41) is 12.6. The van der Waals surface area contributed by atoms with Gasteiger partial charge in [-0.15, -0.1) is 10.2 Å². The maximum atomic E-state index is 13.2. The maximum Gasteiger partial charge on any atom is 0.246 e. The normalized spacial score (nSPS) is 16.0. The fourth-order valence-electron chi connectivity index (χ4n) is 3.28. The molecule has 1 atom stereocenters. The molecule has 0 saturated carbocycles. The first-order chi connectivity index (χ1) is 14.0. The quantitative estimate of drug-likeness (QED) is 0.714. The van der Waals surface area contributed by atoms with Crippen LogP contribution in [0, 0.1) is 0 Å². The van der Waals surface area contributed by atoms with E-state index in [-0.39, 0.29) is 30.8 Å². The van der Waals surface area contributed by atoms with E-state index >= 15 is 0 Å². The van der Waals surface area contributed by atoms with E-state index in [2.05, 4.69) is 20.5 Å². The predicted octanol–water partition coefficient (Wildman–Crippen LogP) is 2.80. The molecule has 0 aliphatic carbocycles. The third kappa shape index (κ3) is 3.95. The number of fused-ring (bicyclic) bond motifs is 1. The minimum Gasteiger partial charge on any atom is -0.340 e. The molecule has 9 heteroatoms. The second-order valence-electron chi connectivity index (χ2n) is 6.84. The van der Waals surface area contributed by atoms with Crippen molar-refractivity contribution >= 4 is 39.7 Å². The first-order valence-corrected chi connectivity index (χ1v) is 10.0. The summed E-state index contributed by atoms with van der Waals surface area (Å²) < 4.78 is 0. The third-order valence-corrected chi connectivity index (χ3v) is 5.69. The molecule has 1 N–H and O–H groups in total. The van der Waals surface area contributed by atoms with Crippen LogP contribution in [0.15, 0.2) is 48.7 Å². The van der Waals surface area contributed by atoms with Crippen molar-refractivity contribution < 1.29 is 9.59 Å². The molecule has 2 amide bonds. The van der Waals surface area contributed by atoms with Crippen LogP contribution in [0.4, 0.5) is 16.5 Å². The van der Waals surface area contributed by atoms with Crippen molar-refractivity contribution in [2.24, 2.45) is 0 Å². The number of benzene rings is 1. The number of carbonyl (C=O) groups is 2. The largest absolute Gasteiger partial charge is 0.340 e. The molecule has 8 nitrogen and oxygen atoms in total. The zero-order chi connectivity index (χ0) is 20.4. The molecule has 0 spiro atoms. The van der Waals surface area contributed by atoms with Gasteiger partial charge in [-0.25, -0.2) is 0 Å². The Morgan fingerprint density at radius 1 is 1.24 bits per heavy atom. The van der Waals surface area contributed by atoms with Crippen LogP contribution in [-0.2, 0) is 9.59 Å². The maximum absolute atomic E-state index is 13.2. The van der Waals surface area contributed by atoms with Gasteiger partial charge in [0.25, 0.3) is 0 Å². The van der Waals surface area contributed by atoms with Crippen LogP contribution in [0.2, 0.25) is 0 Å². The van der Waals surface area contributed by atoms with Gasteiger partial charge >= 0.3 is 0 Å². The first kappa shape index (κ1) is 19.0. The fraction of sp³-hybridized carbons (Fsp3) is 0.250. The first-order valence-electron chi connectivity index (χ1n) is 9.20. The molecule has 1 aliphatic heterocycles. The molecule has 3 heterocycles. The summed E-state index contributed by atoms with van der Waals surface area (Å²) in [6.07, 6.45) is 1.95. The highest BCUT2D eigenvalue weighted by Crippen LogP contribution is 2.32. The standard InChI is InChI=1S/C20H20N6O2S/c1-13-11-17(27)22-14-7-3-4-9-16(14)26(13)18(28)12-25(2)20-24-23-19(29-20)15-8-5-6-10-21-15/h3-10,13H,11-12H2,1-2H3,(H,22,27). The topological polar surface area (TPSA) is 91.3 Å². The average Bonchev–Trinajstić information content (AvgIpc) is 3.16. The Morgan fingerprint density at radius 2 is 2.03 bits per heavy atom. The molecule has 29 heavy (non-hydrogen) atoms. The van der Waals surface area contributed by atoms with Crippen LogP contribution in [0.5, 0.6) is 0 Å². The Hall–Kier alpha value is -3.33. The molecule has 4 rings (SSSR count). The molecule has 1 aliphatic rings. The number of aromatic nitrogens is 3. The Labute approximate surface area is 172 Å². The molecule has 0 fully saturated rings. The average molecular weight is 408 g/mol. The minimum atomic E-state index is -0.252. The third-order valence-electron chi connectivity index (χ3n) is 4.63. The Balaban J connectivity index is 1.54. The van der Waals surface area contributed by atoms with Gasteiger partial charge in [0.1, 0.15) is 5.69 Å². The van der Waals surface area contributed by atoms with Crippen LogP contribution in [0.3, 0.4) is 0 Å². The molecule has 3 aromatic rings. The minimum absolute atomic E-state index is 0.0993. The van der Waals surface area contributed by atoms with E-state index in [4.69, 9.17) is 0 Å². The van der Waals surface area contributed by atoms with Gasteiger partial charge in [-0.05, 0) is 31.2 Å². The number of likely N-dealkylation sites (N-methyl/N-ethyl adjacent to an activating group) is 1. The Morgan fingerprint density at radius 3 is 2.83 bits per heavy atom. The number of para-hydroxylation sites is 2. The zero-order valence-corrected chi connectivity index (χ0v) is 16.9. The Bertz CT molecular complexity index is 1040. The van der Waals surface area contributed by atoms with Crippen LogP contribution in [-0.4, -0.2) is 46.6 Å². The van der Waals surface area contributed by atoms with E-state index in [1.54, 1.807) is 29.1 Å². The summed E-state index contributed by atoms with van der Waals surface area (Å²) in [5.41, 5.74) is 2.09. The van der Waals surface area contributed by atoms with E-state index in [0.29, 0.717) is 21.5 Å². The number of hydrogen-bond acceptors (Lipinski definition) is 7. The van der Waals surface area contributed by atoms with Crippen LogP contribution < -0.4 is 15.1 Å². The number of rotatable bonds is 4. The predicted molar refractivity (Wildman–Crippen MR) is 113 cm³/mol. The molecule has 2 aromatic heterocycles. The van der Waals surface area contributed by atoms with Crippen LogP contribution >= 0.6 is 11.3 Å². The second kappa shape index (κ2) is 7.96. The van der Waals surface area contributed by atoms with Crippen molar-refractivity contribution in [3.63, 3.8) is 0 Å². The van der Waals surface area contributed by atoms with E-state index in [1.807, 2.05) is 43.3 Å². The van der Waals surface area contributed by atoms with Gasteiger partial charge in [0.15, 0.2) is 5.01 Å². The lowest BCUT2D eigenvalue weighted by Crippen LogP contribution is -2.44. The molecule has 0 bridgehead atoms. The van der Waals surface area contributed by atoms with Gasteiger partial charge in [-0.2, -0.15) is 0 Å². The summed E-state index contributed by atoms with van der Waals surface area (Å²) in [7, 11) is 1.80. The van der Waals surface area contributed by atoms with Crippen molar-refractivity contribution in [1.82, 2.24) is 15.2 Å². The summed E-state index contributed by atoms with van der Waals surface area (Å²) in [6, 6.07) is 12.7. The van der Waals surface area contributed by atoms with Gasteiger partial charge in [-0.3, -0.25) is 14.6 Å². The number of pyridine rings is 1. The van der Waals surface area contributed by atoms with Gasteiger partial charge in [-0.1, -0.05) is 29.5 Å². The van der Waals surface area contributed by atoms with Gasteiger partial charge in [0.2, 0.25) is 16.9 Å². The van der Waals surface area contributed by atoms with Gasteiger partial charge in [0, 0.05) is 25.7 Å². The number of carbonyl (C=O) groups excluding carboxylic acids is 2. The molecule has 0 radical (unpaired) electrons. The van der Waals surface area contributed by atoms with E-state index in [9.17, 15) is 9.59 Å². The smallest absolute Gasteiger partial charge is 0.246 e. The van der Waals surface area contributed by atoms with Gasteiger partial charge < -0.3 is 15.1 Å². The molecule has 1 aromatic carbocycles. The lowest BCUT2D eigenvalue weighted by molar-refractivity contribution is -0.118. The second-order valence-corrected chi connectivity index (χ2v) is 7.80. The monoisotopic (exact) mass is 408 g/mol. The highest BCUT2D eigenvalue weighted by atomic mass is 32.1. The van der Waals surface area contributed by atoms with Crippen LogP contribution in [0.1, 0.15) is 13.3 Å². The Kier molecular flexibility index (Phi) is 5.22. The number of hydrogen-bond donors (Lipinski definition) is 1. The molecular formula is C20H20N6O2S. The van der Waals surface area contributed by atoms with E-state index in [1.165, 1.54) is 11.3 Å². The number of nitrogens with zero attached hydrogens (tertiary/aromatic N) is 5. The number of anilines is 3. The molecular weight excluding hydrogens is 388 g/mol. The zero-order valence-electron chi connectivity index (χ0n) is 16.1. The van der Waals surface area contributed by atoms with Crippen molar-refractivity contribution in [3.05, 3.63) is 48.7 Å². The summed E-state index contributed by atoms with van der Waals surface area (Å²) in [5.74, 6) is -0.212. The highest BCUT2D eigenvalue weighted by molar-refractivity contribution is 7.18.